The molecule has 2 atom stereocenters. The van der Waals surface area contributed by atoms with Crippen molar-refractivity contribution in [2.24, 2.45) is 0 Å². The van der Waals surface area contributed by atoms with Crippen molar-refractivity contribution in [3.8, 4) is 0 Å². The molecule has 6 nitrogen and oxygen atoms in total. The molecule has 0 saturated carbocycles. The number of ether oxygens (including phenoxy) is 1. The monoisotopic (exact) mass is 422 g/mol. The van der Waals surface area contributed by atoms with E-state index in [4.69, 9.17) is 4.74 Å². The van der Waals surface area contributed by atoms with Crippen LogP contribution in [0.4, 0.5) is 5.69 Å². The zero-order chi connectivity index (χ0) is 22.4. The summed E-state index contributed by atoms with van der Waals surface area (Å²) in [5.74, 6) is -0.447. The van der Waals surface area contributed by atoms with Crippen LogP contribution in [0.5, 0.6) is 0 Å². The van der Waals surface area contributed by atoms with E-state index in [1.165, 1.54) is 0 Å². The fourth-order valence-electron chi connectivity index (χ4n) is 3.61. The number of likely N-dealkylation sites (tertiary alicyclic amines) is 1. The number of nitrogens with one attached hydrogen (secondary N) is 1. The van der Waals surface area contributed by atoms with E-state index in [1.54, 1.807) is 19.1 Å². The molecule has 6 heteroatoms. The van der Waals surface area contributed by atoms with Gasteiger partial charge in [0.05, 0.1) is 5.56 Å². The van der Waals surface area contributed by atoms with E-state index in [-0.39, 0.29) is 11.8 Å². The second-order valence-electron chi connectivity index (χ2n) is 8.05. The molecule has 0 radical (unpaired) electrons. The first-order chi connectivity index (χ1) is 14.9. The van der Waals surface area contributed by atoms with E-state index in [1.807, 2.05) is 41.3 Å². The second-order valence-corrected chi connectivity index (χ2v) is 8.05. The topological polar surface area (TPSA) is 75.7 Å². The summed E-state index contributed by atoms with van der Waals surface area (Å²) >= 11 is 0. The van der Waals surface area contributed by atoms with Crippen molar-refractivity contribution in [1.82, 2.24) is 4.90 Å². The summed E-state index contributed by atoms with van der Waals surface area (Å²) in [6.45, 7) is 7.09. The average Bonchev–Trinajstić information content (AvgIpc) is 3.18. The molecule has 1 saturated heterocycles. The second kappa shape index (κ2) is 10.2. The SMILES string of the molecule is CC[C@@H](C)c1ccccc1NC(=O)[C@H](C)OC(=O)c1ccc(CN2CCCC2=O)cc1. The van der Waals surface area contributed by atoms with Gasteiger partial charge in [-0.25, -0.2) is 4.79 Å². The number of amides is 2. The van der Waals surface area contributed by atoms with Gasteiger partial charge in [0.1, 0.15) is 0 Å². The number of nitrogens with zero attached hydrogens (tertiary/aromatic N) is 1. The van der Waals surface area contributed by atoms with Crippen molar-refractivity contribution in [2.45, 2.75) is 58.6 Å². The van der Waals surface area contributed by atoms with Crippen LogP contribution in [0.25, 0.3) is 0 Å². The van der Waals surface area contributed by atoms with Crippen molar-refractivity contribution >= 4 is 23.5 Å². The van der Waals surface area contributed by atoms with E-state index in [2.05, 4.69) is 19.2 Å². The highest BCUT2D eigenvalue weighted by Crippen LogP contribution is 2.26. The van der Waals surface area contributed by atoms with Crippen molar-refractivity contribution in [2.75, 3.05) is 11.9 Å². The lowest BCUT2D eigenvalue weighted by Crippen LogP contribution is -2.30. The molecule has 0 bridgehead atoms. The number of carbonyl (C=O) groups excluding carboxylic acids is 3. The minimum atomic E-state index is -0.931. The van der Waals surface area contributed by atoms with E-state index in [9.17, 15) is 14.4 Å². The zero-order valence-electron chi connectivity index (χ0n) is 18.4. The molecule has 31 heavy (non-hydrogen) atoms. The van der Waals surface area contributed by atoms with Crippen molar-refractivity contribution < 1.29 is 19.1 Å². The van der Waals surface area contributed by atoms with Gasteiger partial charge in [0.2, 0.25) is 5.91 Å². The van der Waals surface area contributed by atoms with Gasteiger partial charge in [-0.3, -0.25) is 9.59 Å². The van der Waals surface area contributed by atoms with Gasteiger partial charge in [0.15, 0.2) is 6.10 Å². The largest absolute Gasteiger partial charge is 0.449 e. The molecule has 2 aromatic carbocycles. The Kier molecular flexibility index (Phi) is 7.45. The molecule has 1 N–H and O–H groups in total. The van der Waals surface area contributed by atoms with Crippen molar-refractivity contribution in [3.05, 3.63) is 65.2 Å². The molecular formula is C25H30N2O4. The molecule has 2 aromatic rings. The Hall–Kier alpha value is -3.15. The number of carbonyl (C=O) groups is 3. The molecule has 0 aromatic heterocycles. The van der Waals surface area contributed by atoms with Crippen LogP contribution in [0.2, 0.25) is 0 Å². The lowest BCUT2D eigenvalue weighted by atomic mass is 9.97. The Morgan fingerprint density at radius 3 is 2.45 bits per heavy atom. The van der Waals surface area contributed by atoms with E-state index in [0.29, 0.717) is 24.4 Å². The van der Waals surface area contributed by atoms with E-state index < -0.39 is 12.1 Å². The maximum atomic E-state index is 12.6. The van der Waals surface area contributed by atoms with E-state index >= 15 is 0 Å². The van der Waals surface area contributed by atoms with Gasteiger partial charge in [-0.2, -0.15) is 0 Å². The Morgan fingerprint density at radius 1 is 1.10 bits per heavy atom. The van der Waals surface area contributed by atoms with Crippen molar-refractivity contribution in [1.29, 1.82) is 0 Å². The number of esters is 1. The molecule has 1 heterocycles. The third kappa shape index (κ3) is 5.72. The van der Waals surface area contributed by atoms with Gasteiger partial charge < -0.3 is 15.0 Å². The lowest BCUT2D eigenvalue weighted by molar-refractivity contribution is -0.128. The number of rotatable bonds is 8. The quantitative estimate of drug-likeness (QED) is 0.635. The minimum absolute atomic E-state index is 0.165. The first kappa shape index (κ1) is 22.5. The molecule has 164 valence electrons. The average molecular weight is 423 g/mol. The Labute approximate surface area is 183 Å². The number of benzene rings is 2. The highest BCUT2D eigenvalue weighted by Gasteiger charge is 2.22. The third-order valence-corrected chi connectivity index (χ3v) is 5.75. The minimum Gasteiger partial charge on any atom is -0.449 e. The molecule has 1 aliphatic rings. The van der Waals surface area contributed by atoms with Crippen LogP contribution in [-0.2, 0) is 20.9 Å². The summed E-state index contributed by atoms with van der Waals surface area (Å²) in [7, 11) is 0. The molecule has 2 amide bonds. The number of hydrogen-bond donors (Lipinski definition) is 1. The molecule has 1 aliphatic heterocycles. The highest BCUT2D eigenvalue weighted by molar-refractivity contribution is 5.97. The Balaban J connectivity index is 1.57. The highest BCUT2D eigenvalue weighted by atomic mass is 16.5. The van der Waals surface area contributed by atoms with Crippen molar-refractivity contribution in [3.63, 3.8) is 0 Å². The summed E-state index contributed by atoms with van der Waals surface area (Å²) in [6, 6.07) is 14.6. The lowest BCUT2D eigenvalue weighted by Gasteiger charge is -2.18. The fraction of sp³-hybridized carbons (Fsp3) is 0.400. The Morgan fingerprint density at radius 2 is 1.81 bits per heavy atom. The predicted molar refractivity (Wildman–Crippen MR) is 120 cm³/mol. The van der Waals surface area contributed by atoms with Crippen LogP contribution in [0, 0.1) is 0 Å². The van der Waals surface area contributed by atoms with Crippen LogP contribution < -0.4 is 5.32 Å². The zero-order valence-corrected chi connectivity index (χ0v) is 18.4. The molecule has 0 spiro atoms. The van der Waals surface area contributed by atoms with Crippen LogP contribution >= 0.6 is 0 Å². The third-order valence-electron chi connectivity index (χ3n) is 5.75. The standard InChI is InChI=1S/C25H30N2O4/c1-4-17(2)21-8-5-6-9-22(21)26-24(29)18(3)31-25(30)20-13-11-19(12-14-20)16-27-15-7-10-23(27)28/h5-6,8-9,11-14,17-18H,4,7,10,15-16H2,1-3H3,(H,26,29)/t17-,18+/m1/s1. The van der Waals surface area contributed by atoms with Crippen LogP contribution in [0.3, 0.4) is 0 Å². The molecule has 0 unspecified atom stereocenters. The normalized spacial score (nSPS) is 15.5. The smallest absolute Gasteiger partial charge is 0.338 e. The number of hydrogen-bond acceptors (Lipinski definition) is 4. The fourth-order valence-corrected chi connectivity index (χ4v) is 3.61. The summed E-state index contributed by atoms with van der Waals surface area (Å²) in [5, 5.41) is 2.88. The molecule has 1 fully saturated rings. The van der Waals surface area contributed by atoms with Crippen LogP contribution in [-0.4, -0.2) is 35.3 Å². The number of anilines is 1. The summed E-state index contributed by atoms with van der Waals surface area (Å²) in [5.41, 5.74) is 3.13. The Bertz CT molecular complexity index is 939. The summed E-state index contributed by atoms with van der Waals surface area (Å²) in [4.78, 5) is 38.6. The first-order valence-electron chi connectivity index (χ1n) is 10.9. The van der Waals surface area contributed by atoms with Gasteiger partial charge in [-0.1, -0.05) is 44.2 Å². The van der Waals surface area contributed by atoms with Gasteiger partial charge in [-0.05, 0) is 55.0 Å². The van der Waals surface area contributed by atoms with Gasteiger partial charge in [0.25, 0.3) is 5.91 Å². The first-order valence-corrected chi connectivity index (χ1v) is 10.9. The summed E-state index contributed by atoms with van der Waals surface area (Å²) < 4.78 is 5.37. The maximum Gasteiger partial charge on any atom is 0.338 e. The predicted octanol–water partition coefficient (Wildman–Crippen LogP) is 4.51. The number of para-hydroxylation sites is 1. The van der Waals surface area contributed by atoms with Gasteiger partial charge in [0, 0.05) is 25.2 Å². The van der Waals surface area contributed by atoms with E-state index in [0.717, 1.165) is 36.2 Å². The molecule has 3 rings (SSSR count). The van der Waals surface area contributed by atoms with Crippen LogP contribution in [0.1, 0.15) is 67.4 Å². The molecule has 0 aliphatic carbocycles. The van der Waals surface area contributed by atoms with Crippen LogP contribution in [0.15, 0.2) is 48.5 Å². The van der Waals surface area contributed by atoms with Gasteiger partial charge in [-0.15, -0.1) is 0 Å². The summed E-state index contributed by atoms with van der Waals surface area (Å²) in [6.07, 6.45) is 1.52. The van der Waals surface area contributed by atoms with Gasteiger partial charge >= 0.3 is 5.97 Å². The molecular weight excluding hydrogens is 392 g/mol. The maximum absolute atomic E-state index is 12.6.